The van der Waals surface area contributed by atoms with Gasteiger partial charge in [0.2, 0.25) is 0 Å². The van der Waals surface area contributed by atoms with Gasteiger partial charge in [-0.3, -0.25) is 0 Å². The van der Waals surface area contributed by atoms with Crippen molar-refractivity contribution in [3.05, 3.63) is 42.2 Å². The highest BCUT2D eigenvalue weighted by atomic mass is 19.1. The van der Waals surface area contributed by atoms with Crippen molar-refractivity contribution in [1.82, 2.24) is 0 Å². The maximum absolute atomic E-state index is 13.5. The SMILES string of the molecule is Nc1ccc(Oc2cc(N)ccc2O)c(F)c1. The lowest BCUT2D eigenvalue weighted by molar-refractivity contribution is 0.396. The molecule has 0 aliphatic heterocycles. The van der Waals surface area contributed by atoms with Crippen molar-refractivity contribution >= 4 is 11.4 Å². The van der Waals surface area contributed by atoms with Gasteiger partial charge in [0.05, 0.1) is 0 Å². The molecule has 0 amide bonds. The average molecular weight is 234 g/mol. The number of hydrogen-bond donors (Lipinski definition) is 3. The summed E-state index contributed by atoms with van der Waals surface area (Å²) in [6.45, 7) is 0. The molecule has 17 heavy (non-hydrogen) atoms. The Morgan fingerprint density at radius 2 is 1.59 bits per heavy atom. The highest BCUT2D eigenvalue weighted by molar-refractivity contribution is 5.53. The van der Waals surface area contributed by atoms with Gasteiger partial charge in [0, 0.05) is 23.5 Å². The van der Waals surface area contributed by atoms with Crippen molar-refractivity contribution in [1.29, 1.82) is 0 Å². The van der Waals surface area contributed by atoms with Crippen molar-refractivity contribution < 1.29 is 14.2 Å². The normalized spacial score (nSPS) is 10.2. The van der Waals surface area contributed by atoms with Crippen molar-refractivity contribution in [2.45, 2.75) is 0 Å². The predicted molar refractivity (Wildman–Crippen MR) is 63.4 cm³/mol. The van der Waals surface area contributed by atoms with Crippen LogP contribution in [0.4, 0.5) is 15.8 Å². The molecule has 0 aromatic heterocycles. The molecule has 0 spiro atoms. The molecule has 2 aromatic rings. The quantitative estimate of drug-likeness (QED) is 0.550. The van der Waals surface area contributed by atoms with Gasteiger partial charge in [0.1, 0.15) is 0 Å². The lowest BCUT2D eigenvalue weighted by Gasteiger charge is -2.09. The molecule has 0 heterocycles. The summed E-state index contributed by atoms with van der Waals surface area (Å²) in [5.74, 6) is -0.656. The lowest BCUT2D eigenvalue weighted by atomic mass is 10.2. The van der Waals surface area contributed by atoms with E-state index in [2.05, 4.69) is 0 Å². The van der Waals surface area contributed by atoms with E-state index in [0.29, 0.717) is 11.4 Å². The zero-order chi connectivity index (χ0) is 12.4. The van der Waals surface area contributed by atoms with Crippen molar-refractivity contribution in [3.63, 3.8) is 0 Å². The summed E-state index contributed by atoms with van der Waals surface area (Å²) in [6, 6.07) is 8.32. The number of benzene rings is 2. The fourth-order valence-corrected chi connectivity index (χ4v) is 1.33. The fourth-order valence-electron chi connectivity index (χ4n) is 1.33. The van der Waals surface area contributed by atoms with Crippen LogP contribution in [0.25, 0.3) is 0 Å². The maximum Gasteiger partial charge on any atom is 0.171 e. The summed E-state index contributed by atoms with van der Waals surface area (Å²) in [5, 5.41) is 9.51. The van der Waals surface area contributed by atoms with Crippen LogP contribution in [0.1, 0.15) is 0 Å². The number of aromatic hydroxyl groups is 1. The number of hydrogen-bond acceptors (Lipinski definition) is 4. The van der Waals surface area contributed by atoms with Crippen LogP contribution in [-0.2, 0) is 0 Å². The third kappa shape index (κ3) is 2.39. The van der Waals surface area contributed by atoms with Gasteiger partial charge in [-0.25, -0.2) is 4.39 Å². The Morgan fingerprint density at radius 1 is 0.941 bits per heavy atom. The molecule has 2 rings (SSSR count). The smallest absolute Gasteiger partial charge is 0.171 e. The Kier molecular flexibility index (Phi) is 2.74. The van der Waals surface area contributed by atoms with Crippen LogP contribution in [-0.4, -0.2) is 5.11 Å². The lowest BCUT2D eigenvalue weighted by Crippen LogP contribution is -1.93. The number of rotatable bonds is 2. The number of anilines is 2. The van der Waals surface area contributed by atoms with E-state index >= 15 is 0 Å². The zero-order valence-corrected chi connectivity index (χ0v) is 8.85. The first-order valence-electron chi connectivity index (χ1n) is 4.87. The molecule has 0 aliphatic rings. The first kappa shape index (κ1) is 11.1. The molecule has 2 aromatic carbocycles. The van der Waals surface area contributed by atoms with Gasteiger partial charge in [0.25, 0.3) is 0 Å². The van der Waals surface area contributed by atoms with Crippen molar-refractivity contribution in [2.75, 3.05) is 11.5 Å². The van der Waals surface area contributed by atoms with E-state index in [1.54, 1.807) is 0 Å². The Balaban J connectivity index is 2.34. The van der Waals surface area contributed by atoms with E-state index in [4.69, 9.17) is 16.2 Å². The number of nitrogen functional groups attached to an aromatic ring is 2. The summed E-state index contributed by atoms with van der Waals surface area (Å²) in [7, 11) is 0. The molecule has 88 valence electrons. The largest absolute Gasteiger partial charge is 0.504 e. The van der Waals surface area contributed by atoms with E-state index in [-0.39, 0.29) is 17.2 Å². The molecular formula is C12H11FN2O2. The summed E-state index contributed by atoms with van der Waals surface area (Å²) in [6.07, 6.45) is 0. The van der Waals surface area contributed by atoms with Gasteiger partial charge in [-0.1, -0.05) is 0 Å². The third-order valence-corrected chi connectivity index (χ3v) is 2.16. The van der Waals surface area contributed by atoms with Crippen LogP contribution >= 0.6 is 0 Å². The second-order valence-corrected chi connectivity index (χ2v) is 3.52. The standard InChI is InChI=1S/C12H11FN2O2/c13-9-5-7(14)2-4-11(9)17-12-6-8(15)1-3-10(12)16/h1-6,16H,14-15H2. The van der Waals surface area contributed by atoms with E-state index < -0.39 is 5.82 Å². The second-order valence-electron chi connectivity index (χ2n) is 3.52. The van der Waals surface area contributed by atoms with Gasteiger partial charge >= 0.3 is 0 Å². The molecule has 0 fully saturated rings. The Hall–Kier alpha value is -2.43. The average Bonchev–Trinajstić information content (AvgIpc) is 2.27. The van der Waals surface area contributed by atoms with E-state index in [1.807, 2.05) is 0 Å². The zero-order valence-electron chi connectivity index (χ0n) is 8.85. The van der Waals surface area contributed by atoms with Crippen molar-refractivity contribution in [2.24, 2.45) is 0 Å². The molecule has 4 nitrogen and oxygen atoms in total. The number of phenolic OH excluding ortho intramolecular Hbond substituents is 1. The van der Waals surface area contributed by atoms with Crippen LogP contribution in [0, 0.1) is 5.82 Å². The summed E-state index contributed by atoms with van der Waals surface area (Å²) in [4.78, 5) is 0. The predicted octanol–water partition coefficient (Wildman–Crippen LogP) is 2.49. The van der Waals surface area contributed by atoms with Gasteiger partial charge in [-0.05, 0) is 24.3 Å². The second kappa shape index (κ2) is 4.21. The van der Waals surface area contributed by atoms with Crippen LogP contribution in [0.3, 0.4) is 0 Å². The third-order valence-electron chi connectivity index (χ3n) is 2.16. The van der Waals surface area contributed by atoms with E-state index in [0.717, 1.165) is 6.07 Å². The fraction of sp³-hybridized carbons (Fsp3) is 0. The number of halogens is 1. The molecule has 0 radical (unpaired) electrons. The van der Waals surface area contributed by atoms with E-state index in [1.165, 1.54) is 30.3 Å². The van der Waals surface area contributed by atoms with E-state index in [9.17, 15) is 9.50 Å². The van der Waals surface area contributed by atoms with Crippen LogP contribution in [0.5, 0.6) is 17.2 Å². The molecule has 0 unspecified atom stereocenters. The Labute approximate surface area is 97.2 Å². The first-order valence-corrected chi connectivity index (χ1v) is 4.87. The first-order chi connectivity index (χ1) is 8.06. The van der Waals surface area contributed by atoms with Crippen LogP contribution in [0.15, 0.2) is 36.4 Å². The highest BCUT2D eigenvalue weighted by Crippen LogP contribution is 2.33. The highest BCUT2D eigenvalue weighted by Gasteiger charge is 2.08. The monoisotopic (exact) mass is 234 g/mol. The molecule has 0 bridgehead atoms. The molecule has 5 heteroatoms. The van der Waals surface area contributed by atoms with Gasteiger partial charge in [0.15, 0.2) is 23.1 Å². The Morgan fingerprint density at radius 3 is 2.29 bits per heavy atom. The molecular weight excluding hydrogens is 223 g/mol. The topological polar surface area (TPSA) is 81.5 Å². The minimum absolute atomic E-state index is 0.0277. The Bertz CT molecular complexity index is 558. The molecule has 0 aliphatic carbocycles. The molecule has 0 atom stereocenters. The van der Waals surface area contributed by atoms with Crippen molar-refractivity contribution in [3.8, 4) is 17.2 Å². The molecule has 0 saturated heterocycles. The maximum atomic E-state index is 13.5. The molecule has 0 saturated carbocycles. The van der Waals surface area contributed by atoms with Gasteiger partial charge in [-0.2, -0.15) is 0 Å². The summed E-state index contributed by atoms with van der Waals surface area (Å²) < 4.78 is 18.7. The summed E-state index contributed by atoms with van der Waals surface area (Å²) in [5.41, 5.74) is 11.7. The number of ether oxygens (including phenoxy) is 1. The minimum Gasteiger partial charge on any atom is -0.504 e. The van der Waals surface area contributed by atoms with Gasteiger partial charge in [-0.15, -0.1) is 0 Å². The number of nitrogens with two attached hydrogens (primary N) is 2. The van der Waals surface area contributed by atoms with Crippen LogP contribution in [0.2, 0.25) is 0 Å². The number of phenols is 1. The summed E-state index contributed by atoms with van der Waals surface area (Å²) >= 11 is 0. The molecule has 5 N–H and O–H groups in total. The minimum atomic E-state index is -0.605. The van der Waals surface area contributed by atoms with Crippen LogP contribution < -0.4 is 16.2 Å². The van der Waals surface area contributed by atoms with Gasteiger partial charge < -0.3 is 21.3 Å².